The third-order valence-electron chi connectivity index (χ3n) is 8.21. The molecule has 1 N–H and O–H groups in total. The second-order valence-electron chi connectivity index (χ2n) is 10.6. The maximum atomic E-state index is 6.58. The summed E-state index contributed by atoms with van der Waals surface area (Å²) in [5, 5.41) is 4.97. The number of ether oxygens (including phenoxy) is 1. The normalized spacial score (nSPS) is 17.1. The first-order chi connectivity index (χ1) is 19.0. The standard InChI is InChI=1S/C30H36ClN7O.ClH/c1-35-14-16-38(17-15-35)21-10-12-37(13-11-21)22-8-9-26(28(18-22)39-3)33-30-32-19-25(31)29(34-30)24-20-36(2)27-7-5-4-6-23(24)27;/h4-9,18-21H,10-17H2,1-3H3,(H,32,33,34);1H. The molecule has 0 bridgehead atoms. The van der Waals surface area contributed by atoms with Crippen molar-refractivity contribution in [3.63, 3.8) is 0 Å². The number of fused-ring (bicyclic) bond motifs is 1. The Labute approximate surface area is 247 Å². The first kappa shape index (κ1) is 28.5. The lowest BCUT2D eigenvalue weighted by Crippen LogP contribution is -2.52. The molecule has 0 spiro atoms. The Morgan fingerprint density at radius 3 is 2.48 bits per heavy atom. The predicted molar refractivity (Wildman–Crippen MR) is 167 cm³/mol. The molecule has 212 valence electrons. The van der Waals surface area contributed by atoms with E-state index in [0.717, 1.165) is 41.0 Å². The van der Waals surface area contributed by atoms with Gasteiger partial charge in [-0.05, 0) is 38.1 Å². The molecule has 2 fully saturated rings. The van der Waals surface area contributed by atoms with Gasteiger partial charge in [-0.15, -0.1) is 12.4 Å². The highest BCUT2D eigenvalue weighted by Crippen LogP contribution is 2.36. The summed E-state index contributed by atoms with van der Waals surface area (Å²) in [6.07, 6.45) is 6.10. The van der Waals surface area contributed by atoms with Gasteiger partial charge < -0.3 is 24.4 Å². The Hall–Kier alpha value is -3.04. The zero-order chi connectivity index (χ0) is 26.9. The van der Waals surface area contributed by atoms with Crippen molar-refractivity contribution >= 4 is 52.2 Å². The molecule has 4 heterocycles. The number of rotatable bonds is 6. The fraction of sp³-hybridized carbons (Fsp3) is 0.400. The molecule has 0 radical (unpaired) electrons. The maximum absolute atomic E-state index is 6.58. The zero-order valence-corrected chi connectivity index (χ0v) is 24.9. The molecular weight excluding hydrogens is 545 g/mol. The van der Waals surface area contributed by atoms with E-state index < -0.39 is 0 Å². The minimum Gasteiger partial charge on any atom is -0.494 e. The second-order valence-corrected chi connectivity index (χ2v) is 11.0. The van der Waals surface area contributed by atoms with Crippen LogP contribution in [0.15, 0.2) is 54.9 Å². The van der Waals surface area contributed by atoms with Crippen LogP contribution in [0.25, 0.3) is 22.2 Å². The molecule has 0 saturated carbocycles. The minimum absolute atomic E-state index is 0. The highest BCUT2D eigenvalue weighted by Gasteiger charge is 2.27. The Kier molecular flexibility index (Phi) is 8.71. The molecule has 2 aliphatic rings. The number of para-hydroxylation sites is 1. The Morgan fingerprint density at radius 2 is 1.73 bits per heavy atom. The molecule has 0 unspecified atom stereocenters. The predicted octanol–water partition coefficient (Wildman–Crippen LogP) is 5.68. The smallest absolute Gasteiger partial charge is 0.227 e. The van der Waals surface area contributed by atoms with E-state index >= 15 is 0 Å². The second kappa shape index (κ2) is 12.2. The number of hydrogen-bond donors (Lipinski definition) is 1. The molecule has 2 aromatic carbocycles. The lowest BCUT2D eigenvalue weighted by molar-refractivity contribution is 0.0982. The minimum atomic E-state index is 0. The molecule has 0 amide bonds. The van der Waals surface area contributed by atoms with Crippen molar-refractivity contribution in [3.05, 3.63) is 59.9 Å². The number of halogens is 2. The monoisotopic (exact) mass is 581 g/mol. The molecule has 0 aliphatic carbocycles. The summed E-state index contributed by atoms with van der Waals surface area (Å²) < 4.78 is 7.88. The van der Waals surface area contributed by atoms with E-state index in [9.17, 15) is 0 Å². The SMILES string of the molecule is COc1cc(N2CCC(N3CCN(C)CC3)CC2)ccc1Nc1ncc(Cl)c(-c2cn(C)c3ccccc23)n1.Cl. The van der Waals surface area contributed by atoms with Crippen molar-refractivity contribution in [1.82, 2.24) is 24.3 Å². The fourth-order valence-electron chi connectivity index (χ4n) is 5.92. The van der Waals surface area contributed by atoms with Gasteiger partial charge in [0.1, 0.15) is 5.75 Å². The number of aryl methyl sites for hydroxylation is 1. The Balaban J connectivity index is 0.00000323. The summed E-state index contributed by atoms with van der Waals surface area (Å²) in [6, 6.07) is 15.3. The first-order valence-electron chi connectivity index (χ1n) is 13.7. The third kappa shape index (κ3) is 5.72. The van der Waals surface area contributed by atoms with Crippen molar-refractivity contribution < 1.29 is 4.74 Å². The largest absolute Gasteiger partial charge is 0.494 e. The van der Waals surface area contributed by atoms with Gasteiger partial charge in [0.05, 0.1) is 29.7 Å². The highest BCUT2D eigenvalue weighted by molar-refractivity contribution is 6.33. The van der Waals surface area contributed by atoms with Crippen LogP contribution in [0.5, 0.6) is 5.75 Å². The van der Waals surface area contributed by atoms with E-state index in [1.165, 1.54) is 44.7 Å². The zero-order valence-electron chi connectivity index (χ0n) is 23.3. The van der Waals surface area contributed by atoms with Crippen LogP contribution in [0.1, 0.15) is 12.8 Å². The number of benzene rings is 2. The van der Waals surface area contributed by atoms with Crippen LogP contribution in [0.2, 0.25) is 5.02 Å². The van der Waals surface area contributed by atoms with Crippen molar-refractivity contribution in [1.29, 1.82) is 0 Å². The molecule has 40 heavy (non-hydrogen) atoms. The van der Waals surface area contributed by atoms with Crippen molar-refractivity contribution in [2.75, 3.05) is 63.6 Å². The topological polar surface area (TPSA) is 61.7 Å². The number of anilines is 3. The van der Waals surface area contributed by atoms with Crippen LogP contribution in [-0.4, -0.2) is 83.8 Å². The Bertz CT molecular complexity index is 1460. The number of piperazine rings is 1. The average Bonchev–Trinajstić information content (AvgIpc) is 3.31. The summed E-state index contributed by atoms with van der Waals surface area (Å²) >= 11 is 6.58. The van der Waals surface area contributed by atoms with Gasteiger partial charge in [-0.1, -0.05) is 29.8 Å². The molecule has 4 aromatic rings. The molecule has 6 rings (SSSR count). The lowest BCUT2D eigenvalue weighted by Gasteiger charge is -2.42. The van der Waals surface area contributed by atoms with Gasteiger partial charge in [-0.2, -0.15) is 0 Å². The molecule has 2 aliphatic heterocycles. The molecule has 2 aromatic heterocycles. The van der Waals surface area contributed by atoms with Gasteiger partial charge >= 0.3 is 0 Å². The number of likely N-dealkylation sites (N-methyl/N-ethyl adjacent to an activating group) is 1. The number of nitrogens with one attached hydrogen (secondary N) is 1. The molecule has 10 heteroatoms. The average molecular weight is 583 g/mol. The maximum Gasteiger partial charge on any atom is 0.227 e. The van der Waals surface area contributed by atoms with Crippen LogP contribution >= 0.6 is 24.0 Å². The van der Waals surface area contributed by atoms with Crippen LogP contribution in [0.3, 0.4) is 0 Å². The number of nitrogens with zero attached hydrogens (tertiary/aromatic N) is 6. The van der Waals surface area contributed by atoms with Crippen LogP contribution in [0, 0.1) is 0 Å². The summed E-state index contributed by atoms with van der Waals surface area (Å²) in [5.74, 6) is 1.24. The van der Waals surface area contributed by atoms with Gasteiger partial charge in [-0.3, -0.25) is 4.90 Å². The van der Waals surface area contributed by atoms with Crippen molar-refractivity contribution in [3.8, 4) is 17.0 Å². The van der Waals surface area contributed by atoms with Crippen LogP contribution in [0.4, 0.5) is 17.3 Å². The highest BCUT2D eigenvalue weighted by atomic mass is 35.5. The molecular formula is C30H37Cl2N7O. The van der Waals surface area contributed by atoms with Crippen LogP contribution < -0.4 is 15.0 Å². The molecule has 2 saturated heterocycles. The van der Waals surface area contributed by atoms with E-state index in [0.29, 0.717) is 22.7 Å². The van der Waals surface area contributed by atoms with Gasteiger partial charge in [-0.25, -0.2) is 9.97 Å². The summed E-state index contributed by atoms with van der Waals surface area (Å²) in [5.41, 5.74) is 4.81. The van der Waals surface area contributed by atoms with Crippen LogP contribution in [-0.2, 0) is 7.05 Å². The van der Waals surface area contributed by atoms with E-state index in [1.807, 2.05) is 19.2 Å². The summed E-state index contributed by atoms with van der Waals surface area (Å²) in [6.45, 7) is 6.83. The Morgan fingerprint density at radius 1 is 0.975 bits per heavy atom. The van der Waals surface area contributed by atoms with E-state index in [-0.39, 0.29) is 12.4 Å². The van der Waals surface area contributed by atoms with Gasteiger partial charge in [0, 0.05) is 86.8 Å². The molecule has 0 atom stereocenters. The van der Waals surface area contributed by atoms with E-state index in [2.05, 4.69) is 73.1 Å². The van der Waals surface area contributed by atoms with E-state index in [4.69, 9.17) is 21.3 Å². The first-order valence-corrected chi connectivity index (χ1v) is 14.1. The van der Waals surface area contributed by atoms with E-state index in [1.54, 1.807) is 13.3 Å². The summed E-state index contributed by atoms with van der Waals surface area (Å²) in [7, 11) is 5.95. The van der Waals surface area contributed by atoms with Crippen molar-refractivity contribution in [2.24, 2.45) is 7.05 Å². The molecule has 8 nitrogen and oxygen atoms in total. The van der Waals surface area contributed by atoms with Crippen molar-refractivity contribution in [2.45, 2.75) is 18.9 Å². The lowest BCUT2D eigenvalue weighted by atomic mass is 10.0. The van der Waals surface area contributed by atoms with Gasteiger partial charge in [0.25, 0.3) is 0 Å². The number of aromatic nitrogens is 3. The number of piperidine rings is 1. The number of hydrogen-bond acceptors (Lipinski definition) is 7. The quantitative estimate of drug-likeness (QED) is 0.314. The fourth-order valence-corrected chi connectivity index (χ4v) is 6.12. The third-order valence-corrected chi connectivity index (χ3v) is 8.49. The van der Waals surface area contributed by atoms with Gasteiger partial charge in [0.15, 0.2) is 0 Å². The number of methoxy groups -OCH3 is 1. The van der Waals surface area contributed by atoms with Gasteiger partial charge in [0.2, 0.25) is 5.95 Å². The summed E-state index contributed by atoms with van der Waals surface area (Å²) in [4.78, 5) is 16.8.